The smallest absolute Gasteiger partial charge is 0.0602 e. The van der Waals surface area contributed by atoms with E-state index in [1.165, 1.54) is 37.7 Å². The molecule has 0 spiro atoms. The van der Waals surface area contributed by atoms with Gasteiger partial charge < -0.3 is 5.73 Å². The lowest BCUT2D eigenvalue weighted by Crippen LogP contribution is -2.25. The second-order valence-corrected chi connectivity index (χ2v) is 4.63. The quantitative estimate of drug-likeness (QED) is 0.804. The number of rotatable bonds is 2. The van der Waals surface area contributed by atoms with Crippen LogP contribution in [0.4, 0.5) is 0 Å². The molecule has 1 aromatic rings. The Morgan fingerprint density at radius 1 is 1.33 bits per heavy atom. The SMILES string of the molecule is Cc1cccnc1C(N)C1CCCCC1. The number of hydrogen-bond acceptors (Lipinski definition) is 2. The summed E-state index contributed by atoms with van der Waals surface area (Å²) in [5.74, 6) is 0.646. The topological polar surface area (TPSA) is 38.9 Å². The van der Waals surface area contributed by atoms with Gasteiger partial charge in [0.25, 0.3) is 0 Å². The Hall–Kier alpha value is -0.890. The molecule has 0 aliphatic heterocycles. The van der Waals surface area contributed by atoms with Gasteiger partial charge in [-0.2, -0.15) is 0 Å². The van der Waals surface area contributed by atoms with Gasteiger partial charge >= 0.3 is 0 Å². The summed E-state index contributed by atoms with van der Waals surface area (Å²) < 4.78 is 0. The van der Waals surface area contributed by atoms with Crippen molar-refractivity contribution in [1.29, 1.82) is 0 Å². The lowest BCUT2D eigenvalue weighted by molar-refractivity contribution is 0.304. The monoisotopic (exact) mass is 204 g/mol. The summed E-state index contributed by atoms with van der Waals surface area (Å²) in [5, 5.41) is 0. The zero-order chi connectivity index (χ0) is 10.7. The van der Waals surface area contributed by atoms with Gasteiger partial charge in [0.1, 0.15) is 0 Å². The summed E-state index contributed by atoms with van der Waals surface area (Å²) in [6.45, 7) is 2.10. The van der Waals surface area contributed by atoms with E-state index in [4.69, 9.17) is 5.73 Å². The third-order valence-electron chi connectivity index (χ3n) is 3.52. The molecule has 0 saturated heterocycles. The fourth-order valence-electron chi connectivity index (χ4n) is 2.56. The highest BCUT2D eigenvalue weighted by Gasteiger charge is 2.23. The lowest BCUT2D eigenvalue weighted by Gasteiger charge is -2.27. The molecule has 1 unspecified atom stereocenters. The summed E-state index contributed by atoms with van der Waals surface area (Å²) in [7, 11) is 0. The van der Waals surface area contributed by atoms with Crippen LogP contribution >= 0.6 is 0 Å². The van der Waals surface area contributed by atoms with E-state index in [-0.39, 0.29) is 6.04 Å². The van der Waals surface area contributed by atoms with Gasteiger partial charge in [-0.05, 0) is 37.3 Å². The molecular weight excluding hydrogens is 184 g/mol. The predicted molar refractivity (Wildman–Crippen MR) is 62.5 cm³/mol. The van der Waals surface area contributed by atoms with Crippen molar-refractivity contribution < 1.29 is 0 Å². The molecule has 0 amide bonds. The highest BCUT2D eigenvalue weighted by atomic mass is 14.8. The molecule has 82 valence electrons. The Labute approximate surface area is 91.9 Å². The second-order valence-electron chi connectivity index (χ2n) is 4.63. The molecule has 1 atom stereocenters. The van der Waals surface area contributed by atoms with E-state index in [2.05, 4.69) is 18.0 Å². The van der Waals surface area contributed by atoms with Crippen LogP contribution < -0.4 is 5.73 Å². The maximum absolute atomic E-state index is 6.31. The average molecular weight is 204 g/mol. The van der Waals surface area contributed by atoms with Crippen LogP contribution in [0.25, 0.3) is 0 Å². The van der Waals surface area contributed by atoms with Crippen molar-refractivity contribution >= 4 is 0 Å². The van der Waals surface area contributed by atoms with E-state index in [0.717, 1.165) is 5.69 Å². The summed E-state index contributed by atoms with van der Waals surface area (Å²) >= 11 is 0. The standard InChI is InChI=1S/C13H20N2/c1-10-6-5-9-15-13(10)12(14)11-7-3-2-4-8-11/h5-6,9,11-12H,2-4,7-8,14H2,1H3. The van der Waals surface area contributed by atoms with Crippen LogP contribution in [0, 0.1) is 12.8 Å². The first-order valence-corrected chi connectivity index (χ1v) is 5.96. The minimum absolute atomic E-state index is 0.145. The molecule has 1 aliphatic carbocycles. The molecule has 1 heterocycles. The fourth-order valence-corrected chi connectivity index (χ4v) is 2.56. The van der Waals surface area contributed by atoms with E-state index in [1.54, 1.807) is 0 Å². The Balaban J connectivity index is 2.12. The van der Waals surface area contributed by atoms with Crippen molar-refractivity contribution in [1.82, 2.24) is 4.98 Å². The first-order chi connectivity index (χ1) is 7.29. The summed E-state index contributed by atoms with van der Waals surface area (Å²) in [4.78, 5) is 4.43. The van der Waals surface area contributed by atoms with E-state index >= 15 is 0 Å². The Morgan fingerprint density at radius 2 is 2.07 bits per heavy atom. The normalized spacial score (nSPS) is 20.1. The molecule has 2 rings (SSSR count). The van der Waals surface area contributed by atoms with Gasteiger partial charge in [-0.1, -0.05) is 25.3 Å². The number of hydrogen-bond donors (Lipinski definition) is 1. The van der Waals surface area contributed by atoms with Crippen molar-refractivity contribution in [3.05, 3.63) is 29.6 Å². The lowest BCUT2D eigenvalue weighted by atomic mass is 9.82. The zero-order valence-corrected chi connectivity index (χ0v) is 9.45. The molecule has 0 aromatic carbocycles. The van der Waals surface area contributed by atoms with E-state index in [9.17, 15) is 0 Å². The third kappa shape index (κ3) is 2.37. The number of nitrogens with two attached hydrogens (primary N) is 1. The van der Waals surface area contributed by atoms with Gasteiger partial charge in [-0.15, -0.1) is 0 Å². The summed E-state index contributed by atoms with van der Waals surface area (Å²) in [6, 6.07) is 4.23. The molecule has 0 radical (unpaired) electrons. The van der Waals surface area contributed by atoms with Crippen LogP contribution in [0.1, 0.15) is 49.4 Å². The van der Waals surface area contributed by atoms with Gasteiger partial charge in [0, 0.05) is 6.20 Å². The van der Waals surface area contributed by atoms with Crippen LogP contribution in [-0.2, 0) is 0 Å². The Bertz CT molecular complexity index is 316. The molecule has 15 heavy (non-hydrogen) atoms. The first kappa shape index (κ1) is 10.6. The zero-order valence-electron chi connectivity index (χ0n) is 9.45. The van der Waals surface area contributed by atoms with Crippen molar-refractivity contribution in [3.8, 4) is 0 Å². The van der Waals surface area contributed by atoms with Gasteiger partial charge in [0.15, 0.2) is 0 Å². The number of aromatic nitrogens is 1. The minimum atomic E-state index is 0.145. The van der Waals surface area contributed by atoms with E-state index < -0.39 is 0 Å². The first-order valence-electron chi connectivity index (χ1n) is 5.96. The molecule has 2 heteroatoms. The molecule has 1 saturated carbocycles. The third-order valence-corrected chi connectivity index (χ3v) is 3.52. The number of aryl methyl sites for hydroxylation is 1. The largest absolute Gasteiger partial charge is 0.322 e. The highest BCUT2D eigenvalue weighted by molar-refractivity contribution is 5.21. The van der Waals surface area contributed by atoms with Crippen molar-refractivity contribution in [3.63, 3.8) is 0 Å². The second kappa shape index (κ2) is 4.75. The van der Waals surface area contributed by atoms with Crippen LogP contribution in [-0.4, -0.2) is 4.98 Å². The number of pyridine rings is 1. The van der Waals surface area contributed by atoms with Crippen LogP contribution in [0.2, 0.25) is 0 Å². The minimum Gasteiger partial charge on any atom is -0.322 e. The molecule has 1 fully saturated rings. The van der Waals surface area contributed by atoms with Crippen LogP contribution in [0.3, 0.4) is 0 Å². The van der Waals surface area contributed by atoms with Gasteiger partial charge in [0.2, 0.25) is 0 Å². The van der Waals surface area contributed by atoms with Crippen molar-refractivity contribution in [2.75, 3.05) is 0 Å². The summed E-state index contributed by atoms with van der Waals surface area (Å²) in [6.07, 6.45) is 8.46. The summed E-state index contributed by atoms with van der Waals surface area (Å²) in [5.41, 5.74) is 8.64. The average Bonchev–Trinajstić information content (AvgIpc) is 2.30. The molecule has 0 bridgehead atoms. The van der Waals surface area contributed by atoms with Crippen LogP contribution in [0.5, 0.6) is 0 Å². The fraction of sp³-hybridized carbons (Fsp3) is 0.615. The molecule has 1 aliphatic rings. The van der Waals surface area contributed by atoms with Gasteiger partial charge in [-0.25, -0.2) is 0 Å². The van der Waals surface area contributed by atoms with Crippen molar-refractivity contribution in [2.24, 2.45) is 11.7 Å². The van der Waals surface area contributed by atoms with Gasteiger partial charge in [-0.3, -0.25) is 4.98 Å². The molecule has 1 aromatic heterocycles. The van der Waals surface area contributed by atoms with Crippen molar-refractivity contribution in [2.45, 2.75) is 45.1 Å². The number of nitrogens with zero attached hydrogens (tertiary/aromatic N) is 1. The Kier molecular flexibility index (Phi) is 3.37. The molecule has 2 N–H and O–H groups in total. The van der Waals surface area contributed by atoms with Crippen LogP contribution in [0.15, 0.2) is 18.3 Å². The van der Waals surface area contributed by atoms with E-state index in [1.807, 2.05) is 12.3 Å². The maximum atomic E-state index is 6.31. The molecule has 2 nitrogen and oxygen atoms in total. The Morgan fingerprint density at radius 3 is 2.73 bits per heavy atom. The van der Waals surface area contributed by atoms with Gasteiger partial charge in [0.05, 0.1) is 11.7 Å². The maximum Gasteiger partial charge on any atom is 0.0602 e. The van der Waals surface area contributed by atoms with E-state index in [0.29, 0.717) is 5.92 Å². The molecular formula is C13H20N2. The predicted octanol–water partition coefficient (Wildman–Crippen LogP) is 2.97. The highest BCUT2D eigenvalue weighted by Crippen LogP contribution is 2.32.